The van der Waals surface area contributed by atoms with Crippen molar-refractivity contribution in [2.45, 2.75) is 386 Å². The molecule has 0 bridgehead atoms. The van der Waals surface area contributed by atoms with Gasteiger partial charge in [0.25, 0.3) is 0 Å². The summed E-state index contributed by atoms with van der Waals surface area (Å²) in [6.45, 7) is 6.08. The van der Waals surface area contributed by atoms with E-state index < -0.39 is 0 Å². The second kappa shape index (κ2) is 31.1. The molecule has 0 amide bonds. The van der Waals surface area contributed by atoms with Crippen LogP contribution in [0.2, 0.25) is 0 Å². The molecule has 13 rings (SSSR count). The van der Waals surface area contributed by atoms with E-state index in [0.717, 1.165) is 118 Å². The smallest absolute Gasteiger partial charge is 0.0200 e. The van der Waals surface area contributed by atoms with Crippen LogP contribution in [0.15, 0.2) is 23.3 Å². The zero-order valence-electron chi connectivity index (χ0n) is 57.7. The van der Waals surface area contributed by atoms with Crippen LogP contribution in [0.1, 0.15) is 386 Å². The molecular weight excluding hydrogens is 1030 g/mol. The lowest BCUT2D eigenvalue weighted by atomic mass is 9.47. The first-order chi connectivity index (χ1) is 42.4. The molecule has 0 spiro atoms. The average molecular weight is 1180 g/mol. The van der Waals surface area contributed by atoms with Crippen LogP contribution in [0.25, 0.3) is 0 Å². The van der Waals surface area contributed by atoms with E-state index in [1.165, 1.54) is 193 Å². The van der Waals surface area contributed by atoms with E-state index >= 15 is 0 Å². The molecule has 13 fully saturated rings. The molecule has 0 nitrogen and oxygen atoms in total. The summed E-state index contributed by atoms with van der Waals surface area (Å²) >= 11 is 0. The minimum atomic E-state index is 0.578. The number of hydrogen-bond acceptors (Lipinski definition) is 0. The molecule has 0 N–H and O–H groups in total. The topological polar surface area (TPSA) is 0 Å². The van der Waals surface area contributed by atoms with Crippen molar-refractivity contribution in [2.24, 2.45) is 129 Å². The summed E-state index contributed by atoms with van der Waals surface area (Å²) in [6, 6.07) is 0. The first kappa shape index (κ1) is 64.2. The Hall–Kier alpha value is -0.520. The number of allylic oxidation sites excluding steroid dienone is 4. The Morgan fingerprint density at radius 1 is 0.221 bits per heavy atom. The Morgan fingerprint density at radius 3 is 0.814 bits per heavy atom. The third-order valence-corrected chi connectivity index (χ3v) is 32.6. The first-order valence-corrected chi connectivity index (χ1v) is 41.8. The summed E-state index contributed by atoms with van der Waals surface area (Å²) in [7, 11) is 0. The highest BCUT2D eigenvalue weighted by atomic mass is 14.6. The van der Waals surface area contributed by atoms with Crippen LogP contribution in [0.3, 0.4) is 0 Å². The molecule has 0 aliphatic heterocycles. The van der Waals surface area contributed by atoms with Gasteiger partial charge in [-0.1, -0.05) is 191 Å². The summed E-state index contributed by atoms with van der Waals surface area (Å²) in [4.78, 5) is 0. The van der Waals surface area contributed by atoms with Crippen molar-refractivity contribution in [3.8, 4) is 0 Å². The molecule has 0 aromatic heterocycles. The molecule has 0 saturated heterocycles. The highest BCUT2D eigenvalue weighted by Crippen LogP contribution is 2.64. The fraction of sp³-hybridized carbons (Fsp3) is 0.953. The van der Waals surface area contributed by atoms with Crippen LogP contribution >= 0.6 is 0 Å². The van der Waals surface area contributed by atoms with Gasteiger partial charge in [-0.05, 0) is 347 Å². The van der Waals surface area contributed by atoms with Crippen molar-refractivity contribution in [2.75, 3.05) is 0 Å². The van der Waals surface area contributed by atoms with E-state index in [9.17, 15) is 0 Å². The highest BCUT2D eigenvalue weighted by Gasteiger charge is 2.56. The fourth-order valence-electron chi connectivity index (χ4n) is 27.7. The van der Waals surface area contributed by atoms with Gasteiger partial charge in [0.2, 0.25) is 0 Å². The Bertz CT molecular complexity index is 1940. The molecule has 0 aromatic carbocycles. The van der Waals surface area contributed by atoms with E-state index in [2.05, 4.69) is 31.6 Å². The largest absolute Gasteiger partial charge is 0.0817 e. The van der Waals surface area contributed by atoms with Crippen LogP contribution in [-0.2, 0) is 0 Å². The average Bonchev–Trinajstić information content (AvgIpc) is 2.32. The SMILES string of the molecule is CC(C1CCCCC1)(C1CCCCC1)C1CC(C=C(C2CCCCC2)C2CCCCC2)CCC1C1CCC(C2CCC(C3CCC(C4CCC(C=C(C5CCCCC5)C5CCCCC5)CC4)C(C(C)(C4CCCCC4)C4CCCCC4)C3)CC2)CC1. The van der Waals surface area contributed by atoms with Crippen molar-refractivity contribution in [3.05, 3.63) is 23.3 Å². The minimum Gasteiger partial charge on any atom is -0.0817 e. The predicted molar refractivity (Wildman–Crippen MR) is 370 cm³/mol. The Balaban J connectivity index is 0.681. The van der Waals surface area contributed by atoms with Gasteiger partial charge in [0, 0.05) is 0 Å². The van der Waals surface area contributed by atoms with Gasteiger partial charge in [0.1, 0.15) is 0 Å². The highest BCUT2D eigenvalue weighted by molar-refractivity contribution is 5.18. The number of rotatable bonds is 16. The van der Waals surface area contributed by atoms with Crippen LogP contribution in [-0.4, -0.2) is 0 Å². The van der Waals surface area contributed by atoms with Gasteiger partial charge >= 0.3 is 0 Å². The molecule has 0 heterocycles. The van der Waals surface area contributed by atoms with E-state index in [4.69, 9.17) is 0 Å². The Labute approximate surface area is 535 Å². The normalized spacial score (nSPS) is 38.1. The summed E-state index contributed by atoms with van der Waals surface area (Å²) in [5.74, 6) is 19.9. The zero-order chi connectivity index (χ0) is 58.1. The van der Waals surface area contributed by atoms with Gasteiger partial charge in [-0.3, -0.25) is 0 Å². The van der Waals surface area contributed by atoms with Crippen LogP contribution in [0, 0.1) is 129 Å². The van der Waals surface area contributed by atoms with Gasteiger partial charge in [0.05, 0.1) is 0 Å². The third-order valence-electron chi connectivity index (χ3n) is 32.6. The lowest BCUT2D eigenvalue weighted by Gasteiger charge is -2.58. The Morgan fingerprint density at radius 2 is 0.465 bits per heavy atom. The van der Waals surface area contributed by atoms with Gasteiger partial charge < -0.3 is 0 Å². The predicted octanol–water partition coefficient (Wildman–Crippen LogP) is 27.0. The van der Waals surface area contributed by atoms with Gasteiger partial charge in [-0.25, -0.2) is 0 Å². The number of hydrogen-bond donors (Lipinski definition) is 0. The standard InChI is InChI=1S/C86H144/c1-85(75-35-19-7-20-36-75,76-37-21-8-22-38-76)83-61-64(60-82(70-31-15-5-16-32-70)71-33-17-6-18-34-71)45-57-79(83)73-54-52-66(53-55-73)65-48-50-67(51-49-65)74-56-58-80(84(62-74)86(2,77-39-23-9-24-40-77)78-41-25-10-26-42-78)72-46-43-63(44-47-72)59-81(68-27-11-3-12-28-68)69-29-13-4-14-30-69/h59-60,63-80,83-84H,3-58,61-62H2,1-2H3. The lowest BCUT2D eigenvalue weighted by molar-refractivity contribution is -0.0916. The van der Waals surface area contributed by atoms with Crippen LogP contribution < -0.4 is 0 Å². The molecule has 0 heteroatoms. The van der Waals surface area contributed by atoms with Crippen LogP contribution in [0.5, 0.6) is 0 Å². The van der Waals surface area contributed by atoms with Crippen molar-refractivity contribution in [3.63, 3.8) is 0 Å². The third kappa shape index (κ3) is 14.9. The minimum absolute atomic E-state index is 0.578. The van der Waals surface area contributed by atoms with Crippen molar-refractivity contribution in [1.82, 2.24) is 0 Å². The monoisotopic (exact) mass is 1180 g/mol. The molecule has 488 valence electrons. The molecule has 86 heavy (non-hydrogen) atoms. The molecule has 6 unspecified atom stereocenters. The second-order valence-electron chi connectivity index (χ2n) is 36.5. The van der Waals surface area contributed by atoms with Gasteiger partial charge in [-0.15, -0.1) is 0 Å². The second-order valence-corrected chi connectivity index (χ2v) is 36.5. The Kier molecular flexibility index (Phi) is 23.3. The zero-order valence-corrected chi connectivity index (χ0v) is 57.7. The van der Waals surface area contributed by atoms with E-state index in [-0.39, 0.29) is 0 Å². The lowest BCUT2D eigenvalue weighted by Crippen LogP contribution is -2.50. The van der Waals surface area contributed by atoms with Gasteiger partial charge in [0.15, 0.2) is 0 Å². The summed E-state index contributed by atoms with van der Waals surface area (Å²) < 4.78 is 0. The molecule has 13 saturated carbocycles. The van der Waals surface area contributed by atoms with E-state index in [1.807, 2.05) is 5.57 Å². The molecule has 6 atom stereocenters. The maximum atomic E-state index is 3.14. The molecule has 13 aliphatic rings. The first-order valence-electron chi connectivity index (χ1n) is 41.8. The van der Waals surface area contributed by atoms with E-state index in [1.54, 1.807) is 180 Å². The molecule has 13 aliphatic carbocycles. The fourth-order valence-corrected chi connectivity index (χ4v) is 27.7. The quantitative estimate of drug-likeness (QED) is 0.135. The maximum absolute atomic E-state index is 3.14. The van der Waals surface area contributed by atoms with Gasteiger partial charge in [-0.2, -0.15) is 0 Å². The van der Waals surface area contributed by atoms with Crippen molar-refractivity contribution < 1.29 is 0 Å². The molecule has 0 radical (unpaired) electrons. The maximum Gasteiger partial charge on any atom is -0.0200 e. The van der Waals surface area contributed by atoms with Crippen LogP contribution in [0.4, 0.5) is 0 Å². The summed E-state index contributed by atoms with van der Waals surface area (Å²) in [5.41, 5.74) is 5.25. The van der Waals surface area contributed by atoms with Crippen molar-refractivity contribution in [1.29, 1.82) is 0 Å². The van der Waals surface area contributed by atoms with E-state index in [0.29, 0.717) is 10.8 Å². The summed E-state index contributed by atoms with van der Waals surface area (Å²) in [5, 5.41) is 0. The molecular formula is C86H144. The van der Waals surface area contributed by atoms with Crippen molar-refractivity contribution >= 4 is 0 Å². The summed E-state index contributed by atoms with van der Waals surface area (Å²) in [6.07, 6.45) is 96.3. The molecule has 0 aromatic rings.